The second-order valence-electron chi connectivity index (χ2n) is 5.67. The molecule has 0 amide bonds. The van der Waals surface area contributed by atoms with Crippen molar-refractivity contribution in [2.45, 2.75) is 44.8 Å². The van der Waals surface area contributed by atoms with Crippen molar-refractivity contribution in [3.8, 4) is 0 Å². The van der Waals surface area contributed by atoms with E-state index in [1.165, 1.54) is 0 Å². The lowest BCUT2D eigenvalue weighted by Crippen LogP contribution is -2.29. The van der Waals surface area contributed by atoms with Crippen LogP contribution in [0.15, 0.2) is 18.2 Å². The summed E-state index contributed by atoms with van der Waals surface area (Å²) >= 11 is 0. The Bertz CT molecular complexity index is 432. The molecule has 4 heteroatoms. The summed E-state index contributed by atoms with van der Waals surface area (Å²) in [5.74, 6) is -0.175. The van der Waals surface area contributed by atoms with Crippen molar-refractivity contribution in [1.29, 1.82) is 0 Å². The lowest BCUT2D eigenvalue weighted by atomic mass is 10.0. The van der Waals surface area contributed by atoms with Crippen LogP contribution in [-0.4, -0.2) is 32.3 Å². The van der Waals surface area contributed by atoms with Crippen molar-refractivity contribution >= 4 is 5.69 Å². The largest absolute Gasteiger partial charge is 0.376 e. The van der Waals surface area contributed by atoms with Gasteiger partial charge >= 0.3 is 0 Å². The molecule has 0 saturated carbocycles. The Kier molecular flexibility index (Phi) is 5.38. The molecular formula is C16H25FN2O. The van der Waals surface area contributed by atoms with E-state index in [0.717, 1.165) is 44.4 Å². The molecule has 0 radical (unpaired) electrons. The maximum Gasteiger partial charge on any atom is 0.146 e. The van der Waals surface area contributed by atoms with E-state index in [0.29, 0.717) is 5.69 Å². The van der Waals surface area contributed by atoms with Crippen molar-refractivity contribution < 1.29 is 9.13 Å². The van der Waals surface area contributed by atoms with Gasteiger partial charge in [0.1, 0.15) is 5.82 Å². The highest BCUT2D eigenvalue weighted by molar-refractivity contribution is 5.48. The first-order valence-corrected chi connectivity index (χ1v) is 7.47. The van der Waals surface area contributed by atoms with E-state index in [1.807, 2.05) is 31.0 Å². The monoisotopic (exact) mass is 280 g/mol. The molecule has 0 bridgehead atoms. The molecule has 1 fully saturated rings. The minimum atomic E-state index is -0.175. The second kappa shape index (κ2) is 7.04. The van der Waals surface area contributed by atoms with Crippen LogP contribution in [0.2, 0.25) is 0 Å². The SMILES string of the molecule is CCC(N)Cc1ccc(N(C)CC2CCCO2)c(F)c1. The summed E-state index contributed by atoms with van der Waals surface area (Å²) in [6.45, 7) is 3.62. The molecule has 20 heavy (non-hydrogen) atoms. The summed E-state index contributed by atoms with van der Waals surface area (Å²) in [4.78, 5) is 1.94. The van der Waals surface area contributed by atoms with Gasteiger partial charge in [0.2, 0.25) is 0 Å². The highest BCUT2D eigenvalue weighted by atomic mass is 19.1. The minimum Gasteiger partial charge on any atom is -0.376 e. The first kappa shape index (κ1) is 15.3. The van der Waals surface area contributed by atoms with Crippen LogP contribution >= 0.6 is 0 Å². The second-order valence-corrected chi connectivity index (χ2v) is 5.67. The number of nitrogens with zero attached hydrogens (tertiary/aromatic N) is 1. The minimum absolute atomic E-state index is 0.102. The molecule has 0 spiro atoms. The zero-order valence-corrected chi connectivity index (χ0v) is 12.4. The number of ether oxygens (including phenoxy) is 1. The zero-order chi connectivity index (χ0) is 14.5. The summed E-state index contributed by atoms with van der Waals surface area (Å²) in [5.41, 5.74) is 7.51. The molecule has 1 aliphatic rings. The Morgan fingerprint density at radius 2 is 2.30 bits per heavy atom. The predicted octanol–water partition coefficient (Wildman–Crippen LogP) is 2.72. The number of rotatable bonds is 6. The van der Waals surface area contributed by atoms with Crippen molar-refractivity contribution in [3.63, 3.8) is 0 Å². The maximum absolute atomic E-state index is 14.2. The Hall–Kier alpha value is -1.13. The standard InChI is InChI=1S/C16H25FN2O/c1-3-13(18)9-12-6-7-16(15(17)10-12)19(2)11-14-5-4-8-20-14/h6-7,10,13-14H,3-5,8-9,11,18H2,1-2H3. The topological polar surface area (TPSA) is 38.5 Å². The van der Waals surface area contributed by atoms with Crippen molar-refractivity contribution in [2.75, 3.05) is 25.1 Å². The molecule has 112 valence electrons. The van der Waals surface area contributed by atoms with Gasteiger partial charge in [0.25, 0.3) is 0 Å². The molecular weight excluding hydrogens is 255 g/mol. The van der Waals surface area contributed by atoms with Crippen molar-refractivity contribution in [3.05, 3.63) is 29.6 Å². The molecule has 1 aliphatic heterocycles. The fraction of sp³-hybridized carbons (Fsp3) is 0.625. The van der Waals surface area contributed by atoms with Gasteiger partial charge in [-0.2, -0.15) is 0 Å². The molecule has 0 aliphatic carbocycles. The lowest BCUT2D eigenvalue weighted by Gasteiger charge is -2.23. The summed E-state index contributed by atoms with van der Waals surface area (Å²) in [7, 11) is 1.91. The normalized spacial score (nSPS) is 20.1. The Morgan fingerprint density at radius 3 is 2.90 bits per heavy atom. The molecule has 2 atom stereocenters. The smallest absolute Gasteiger partial charge is 0.146 e. The van der Waals surface area contributed by atoms with Crippen LogP contribution in [0.1, 0.15) is 31.7 Å². The summed E-state index contributed by atoms with van der Waals surface area (Å²) in [6.07, 6.45) is 4.03. The summed E-state index contributed by atoms with van der Waals surface area (Å²) in [6, 6.07) is 5.53. The summed E-state index contributed by atoms with van der Waals surface area (Å²) < 4.78 is 19.8. The van der Waals surface area contributed by atoms with Crippen LogP contribution in [0.25, 0.3) is 0 Å². The Morgan fingerprint density at radius 1 is 1.50 bits per heavy atom. The van der Waals surface area contributed by atoms with Gasteiger partial charge in [-0.3, -0.25) is 0 Å². The van der Waals surface area contributed by atoms with Crippen LogP contribution in [0.4, 0.5) is 10.1 Å². The molecule has 1 heterocycles. The molecule has 2 N–H and O–H groups in total. The average molecular weight is 280 g/mol. The predicted molar refractivity (Wildman–Crippen MR) is 80.6 cm³/mol. The molecule has 2 rings (SSSR count). The van der Waals surface area contributed by atoms with E-state index in [4.69, 9.17) is 10.5 Å². The third-order valence-electron chi connectivity index (χ3n) is 3.95. The van der Waals surface area contributed by atoms with Gasteiger partial charge in [0.15, 0.2) is 0 Å². The van der Waals surface area contributed by atoms with Crippen LogP contribution in [0, 0.1) is 5.82 Å². The number of likely N-dealkylation sites (N-methyl/N-ethyl adjacent to an activating group) is 1. The molecule has 1 aromatic carbocycles. The van der Waals surface area contributed by atoms with E-state index in [-0.39, 0.29) is 18.0 Å². The van der Waals surface area contributed by atoms with Gasteiger partial charge in [0, 0.05) is 26.2 Å². The highest BCUT2D eigenvalue weighted by Gasteiger charge is 2.19. The first-order valence-electron chi connectivity index (χ1n) is 7.47. The molecule has 2 unspecified atom stereocenters. The molecule has 3 nitrogen and oxygen atoms in total. The number of hydrogen-bond donors (Lipinski definition) is 1. The quantitative estimate of drug-likeness (QED) is 0.870. The van der Waals surface area contributed by atoms with Crippen LogP contribution < -0.4 is 10.6 Å². The van der Waals surface area contributed by atoms with E-state index < -0.39 is 0 Å². The van der Waals surface area contributed by atoms with Crippen LogP contribution in [0.3, 0.4) is 0 Å². The summed E-state index contributed by atoms with van der Waals surface area (Å²) in [5, 5.41) is 0. The van der Waals surface area contributed by atoms with E-state index in [9.17, 15) is 4.39 Å². The Labute approximate surface area is 120 Å². The number of nitrogens with two attached hydrogens (primary N) is 1. The lowest BCUT2D eigenvalue weighted by molar-refractivity contribution is 0.116. The molecule has 0 aromatic heterocycles. The fourth-order valence-electron chi connectivity index (χ4n) is 2.63. The Balaban J connectivity index is 2.00. The highest BCUT2D eigenvalue weighted by Crippen LogP contribution is 2.22. The third-order valence-corrected chi connectivity index (χ3v) is 3.95. The number of anilines is 1. The maximum atomic E-state index is 14.2. The number of benzene rings is 1. The van der Waals surface area contributed by atoms with Gasteiger partial charge in [-0.1, -0.05) is 13.0 Å². The van der Waals surface area contributed by atoms with Gasteiger partial charge < -0.3 is 15.4 Å². The van der Waals surface area contributed by atoms with Crippen LogP contribution in [0.5, 0.6) is 0 Å². The van der Waals surface area contributed by atoms with Crippen LogP contribution in [-0.2, 0) is 11.2 Å². The van der Waals surface area contributed by atoms with E-state index in [2.05, 4.69) is 0 Å². The number of hydrogen-bond acceptors (Lipinski definition) is 3. The van der Waals surface area contributed by atoms with Gasteiger partial charge in [-0.15, -0.1) is 0 Å². The van der Waals surface area contributed by atoms with E-state index >= 15 is 0 Å². The third kappa shape index (κ3) is 3.93. The van der Waals surface area contributed by atoms with Gasteiger partial charge in [0.05, 0.1) is 11.8 Å². The molecule has 1 aromatic rings. The first-order chi connectivity index (χ1) is 9.60. The van der Waals surface area contributed by atoms with Crippen molar-refractivity contribution in [2.24, 2.45) is 5.73 Å². The number of halogens is 1. The fourth-order valence-corrected chi connectivity index (χ4v) is 2.63. The average Bonchev–Trinajstić information content (AvgIpc) is 2.91. The van der Waals surface area contributed by atoms with Crippen molar-refractivity contribution in [1.82, 2.24) is 0 Å². The van der Waals surface area contributed by atoms with Gasteiger partial charge in [-0.05, 0) is 43.4 Å². The van der Waals surface area contributed by atoms with Gasteiger partial charge in [-0.25, -0.2) is 4.39 Å². The molecule has 1 saturated heterocycles. The van der Waals surface area contributed by atoms with E-state index in [1.54, 1.807) is 6.07 Å². The zero-order valence-electron chi connectivity index (χ0n) is 12.4.